The van der Waals surface area contributed by atoms with Crippen molar-refractivity contribution in [2.45, 2.75) is 26.8 Å². The van der Waals surface area contributed by atoms with Gasteiger partial charge in [-0.15, -0.1) is 11.3 Å². The monoisotopic (exact) mass is 493 g/mol. The first-order valence-electron chi connectivity index (χ1n) is 11.3. The molecule has 2 aromatic carbocycles. The molecule has 7 nitrogen and oxygen atoms in total. The number of aliphatic hydroxyl groups is 1. The number of rotatable bonds is 8. The Morgan fingerprint density at radius 1 is 1.00 bits per heavy atom. The molecule has 1 unspecified atom stereocenters. The van der Waals surface area contributed by atoms with Gasteiger partial charge in [0.2, 0.25) is 0 Å². The van der Waals surface area contributed by atoms with Gasteiger partial charge in [-0.25, -0.2) is 0 Å². The molecule has 1 aliphatic heterocycles. The number of hydrogen-bond acceptors (Lipinski definition) is 7. The van der Waals surface area contributed by atoms with Gasteiger partial charge in [-0.3, -0.25) is 14.5 Å². The second kappa shape index (κ2) is 10.2. The van der Waals surface area contributed by atoms with Crippen molar-refractivity contribution in [3.8, 4) is 17.2 Å². The highest BCUT2D eigenvalue weighted by Crippen LogP contribution is 2.46. The summed E-state index contributed by atoms with van der Waals surface area (Å²) in [5.74, 6) is -0.176. The largest absolute Gasteiger partial charge is 0.507 e. The molecule has 0 radical (unpaired) electrons. The number of carbonyl (C=O) groups is 2. The quantitative estimate of drug-likeness (QED) is 0.254. The van der Waals surface area contributed by atoms with E-state index in [1.807, 2.05) is 32.2 Å². The Balaban J connectivity index is 1.92. The van der Waals surface area contributed by atoms with Gasteiger partial charge in [0.1, 0.15) is 29.0 Å². The maximum absolute atomic E-state index is 13.4. The second-order valence-corrected chi connectivity index (χ2v) is 8.81. The predicted octanol–water partition coefficient (Wildman–Crippen LogP) is 5.49. The average Bonchev–Trinajstić information content (AvgIpc) is 3.39. The number of methoxy groups -OCH3 is 1. The lowest BCUT2D eigenvalue weighted by molar-refractivity contribution is -0.132. The van der Waals surface area contributed by atoms with Gasteiger partial charge in [-0.1, -0.05) is 0 Å². The number of hydrogen-bond donors (Lipinski definition) is 1. The van der Waals surface area contributed by atoms with Crippen molar-refractivity contribution < 1.29 is 28.9 Å². The number of aliphatic hydroxyl groups excluding tert-OH is 1. The van der Waals surface area contributed by atoms with Crippen LogP contribution in [0.15, 0.2) is 59.5 Å². The molecule has 1 saturated heterocycles. The van der Waals surface area contributed by atoms with Gasteiger partial charge in [-0.2, -0.15) is 0 Å². The van der Waals surface area contributed by atoms with Gasteiger partial charge in [0.25, 0.3) is 11.7 Å². The molecule has 1 N–H and O–H groups in total. The van der Waals surface area contributed by atoms with Crippen molar-refractivity contribution in [2.75, 3.05) is 25.2 Å². The highest BCUT2D eigenvalue weighted by Gasteiger charge is 2.48. The second-order valence-electron chi connectivity index (χ2n) is 7.86. The van der Waals surface area contributed by atoms with E-state index < -0.39 is 17.7 Å². The van der Waals surface area contributed by atoms with Gasteiger partial charge >= 0.3 is 0 Å². The highest BCUT2D eigenvalue weighted by atomic mass is 32.1. The summed E-state index contributed by atoms with van der Waals surface area (Å²) in [6.45, 7) is 6.44. The molecule has 1 amide bonds. The van der Waals surface area contributed by atoms with Gasteiger partial charge in [0.15, 0.2) is 0 Å². The summed E-state index contributed by atoms with van der Waals surface area (Å²) in [6, 6.07) is 13.1. The van der Waals surface area contributed by atoms with E-state index in [4.69, 9.17) is 14.2 Å². The molecular weight excluding hydrogens is 466 g/mol. The first kappa shape index (κ1) is 24.3. The van der Waals surface area contributed by atoms with Crippen LogP contribution in [-0.2, 0) is 9.59 Å². The van der Waals surface area contributed by atoms with Crippen LogP contribution in [0.1, 0.15) is 35.9 Å². The molecule has 182 valence electrons. The normalized spacial score (nSPS) is 17.0. The standard InChI is InChI=1S/C27H27NO6S/c1-5-33-19-11-12-20(21(15-19)34-6-2)24(29)22-23(26-16(3)13-14-35-26)28(27(31)25(22)30)17-7-9-18(32-4)10-8-17/h7-15,23,29H,5-6H2,1-4H3/b24-22+. The molecule has 4 rings (SSSR count). The van der Waals surface area contributed by atoms with Crippen LogP contribution in [0, 0.1) is 6.92 Å². The minimum atomic E-state index is -0.788. The third-order valence-electron chi connectivity index (χ3n) is 5.76. The summed E-state index contributed by atoms with van der Waals surface area (Å²) in [5, 5.41) is 13.4. The first-order valence-corrected chi connectivity index (χ1v) is 12.2. The van der Waals surface area contributed by atoms with E-state index in [0.29, 0.717) is 41.7 Å². The summed E-state index contributed by atoms with van der Waals surface area (Å²) >= 11 is 1.43. The van der Waals surface area contributed by atoms with Crippen LogP contribution in [0.5, 0.6) is 17.2 Å². The van der Waals surface area contributed by atoms with Crippen molar-refractivity contribution in [1.29, 1.82) is 0 Å². The molecule has 35 heavy (non-hydrogen) atoms. The lowest BCUT2D eigenvalue weighted by atomic mass is 9.97. The first-order chi connectivity index (χ1) is 16.9. The number of ketones is 1. The number of amides is 1. The number of anilines is 1. The fraction of sp³-hybridized carbons (Fsp3) is 0.259. The minimum Gasteiger partial charge on any atom is -0.507 e. The fourth-order valence-corrected chi connectivity index (χ4v) is 5.15. The molecule has 1 atom stereocenters. The number of aryl methyl sites for hydroxylation is 1. The lowest BCUT2D eigenvalue weighted by Crippen LogP contribution is -2.29. The summed E-state index contributed by atoms with van der Waals surface area (Å²) in [4.78, 5) is 28.9. The molecular formula is C27H27NO6S. The zero-order valence-corrected chi connectivity index (χ0v) is 20.8. The highest BCUT2D eigenvalue weighted by molar-refractivity contribution is 7.10. The number of nitrogens with zero attached hydrogens (tertiary/aromatic N) is 1. The van der Waals surface area contributed by atoms with Crippen LogP contribution in [0.4, 0.5) is 5.69 Å². The van der Waals surface area contributed by atoms with E-state index in [1.165, 1.54) is 16.2 Å². The number of ether oxygens (including phenoxy) is 3. The van der Waals surface area contributed by atoms with E-state index in [0.717, 1.165) is 10.4 Å². The van der Waals surface area contributed by atoms with E-state index in [9.17, 15) is 14.7 Å². The molecule has 8 heteroatoms. The number of carbonyl (C=O) groups excluding carboxylic acids is 2. The zero-order chi connectivity index (χ0) is 25.1. The Morgan fingerprint density at radius 2 is 1.69 bits per heavy atom. The molecule has 0 aliphatic carbocycles. The summed E-state index contributed by atoms with van der Waals surface area (Å²) in [5.41, 5.74) is 1.79. The minimum absolute atomic E-state index is 0.0153. The summed E-state index contributed by atoms with van der Waals surface area (Å²) in [6.07, 6.45) is 0. The van der Waals surface area contributed by atoms with E-state index >= 15 is 0 Å². The molecule has 1 fully saturated rings. The molecule has 0 bridgehead atoms. The number of thiophene rings is 1. The molecule has 2 heterocycles. The SMILES string of the molecule is CCOc1ccc(/C(O)=C2\C(=O)C(=O)N(c3ccc(OC)cc3)C2c2sccc2C)c(OCC)c1. The number of Topliss-reactive ketones (excluding diaryl/α,β-unsaturated/α-hetero) is 1. The maximum atomic E-state index is 13.4. The van der Waals surface area contributed by atoms with Crippen molar-refractivity contribution in [3.05, 3.63) is 75.5 Å². The Kier molecular flexibility index (Phi) is 7.12. The Labute approximate surface area is 208 Å². The van der Waals surface area contributed by atoms with Gasteiger partial charge < -0.3 is 19.3 Å². The van der Waals surface area contributed by atoms with Crippen molar-refractivity contribution in [3.63, 3.8) is 0 Å². The average molecular weight is 494 g/mol. The van der Waals surface area contributed by atoms with E-state index in [1.54, 1.807) is 49.6 Å². The van der Waals surface area contributed by atoms with Crippen LogP contribution in [0.3, 0.4) is 0 Å². The van der Waals surface area contributed by atoms with Crippen LogP contribution in [0.2, 0.25) is 0 Å². The molecule has 0 saturated carbocycles. The third-order valence-corrected chi connectivity index (χ3v) is 6.84. The van der Waals surface area contributed by atoms with Crippen molar-refractivity contribution in [2.24, 2.45) is 0 Å². The fourth-order valence-electron chi connectivity index (χ4n) is 4.13. The Bertz CT molecular complexity index is 1280. The van der Waals surface area contributed by atoms with E-state index in [-0.39, 0.29) is 11.3 Å². The van der Waals surface area contributed by atoms with Crippen molar-refractivity contribution >= 4 is 34.5 Å². The summed E-state index contributed by atoms with van der Waals surface area (Å²) in [7, 11) is 1.56. The molecule has 1 aromatic heterocycles. The van der Waals surface area contributed by atoms with Gasteiger partial charge in [0.05, 0.1) is 31.5 Å². The lowest BCUT2D eigenvalue weighted by Gasteiger charge is -2.25. The molecule has 0 spiro atoms. The third kappa shape index (κ3) is 4.49. The smallest absolute Gasteiger partial charge is 0.300 e. The molecule has 1 aliphatic rings. The predicted molar refractivity (Wildman–Crippen MR) is 136 cm³/mol. The van der Waals surface area contributed by atoms with E-state index in [2.05, 4.69) is 0 Å². The zero-order valence-electron chi connectivity index (χ0n) is 20.0. The van der Waals surface area contributed by atoms with Crippen LogP contribution >= 0.6 is 11.3 Å². The Hall–Kier alpha value is -3.78. The van der Waals surface area contributed by atoms with Crippen LogP contribution in [-0.4, -0.2) is 37.1 Å². The maximum Gasteiger partial charge on any atom is 0.300 e. The van der Waals surface area contributed by atoms with Gasteiger partial charge in [0, 0.05) is 16.6 Å². The van der Waals surface area contributed by atoms with Gasteiger partial charge in [-0.05, 0) is 74.2 Å². The summed E-state index contributed by atoms with van der Waals surface area (Å²) < 4.78 is 16.6. The van der Waals surface area contributed by atoms with Crippen molar-refractivity contribution in [1.82, 2.24) is 0 Å². The number of benzene rings is 2. The topological polar surface area (TPSA) is 85.3 Å². The van der Waals surface area contributed by atoms with Crippen LogP contribution < -0.4 is 19.1 Å². The Morgan fingerprint density at radius 3 is 2.29 bits per heavy atom. The van der Waals surface area contributed by atoms with Crippen LogP contribution in [0.25, 0.3) is 5.76 Å². The molecule has 3 aromatic rings.